The van der Waals surface area contributed by atoms with E-state index in [0.29, 0.717) is 12.1 Å². The topological polar surface area (TPSA) is 75.7 Å². The van der Waals surface area contributed by atoms with E-state index in [0.717, 1.165) is 16.9 Å². The highest BCUT2D eigenvalue weighted by atomic mass is 32.2. The van der Waals surface area contributed by atoms with Gasteiger partial charge >= 0.3 is 0 Å². The zero-order chi connectivity index (χ0) is 20.0. The first-order chi connectivity index (χ1) is 12.7. The second-order valence-corrected chi connectivity index (χ2v) is 8.47. The standard InChI is InChI=1S/C20H26N2O4S/c1-5-20(23)21-17-6-8-19(9-7-17)27(24,25)22(4)10-11-26-18-13-15(2)12-16(3)14-18/h6-9,12-14H,5,10-11H2,1-4H3,(H,21,23). The van der Waals surface area contributed by atoms with E-state index in [1.807, 2.05) is 26.0 Å². The monoisotopic (exact) mass is 390 g/mol. The van der Waals surface area contributed by atoms with Crippen LogP contribution in [-0.2, 0) is 14.8 Å². The molecular weight excluding hydrogens is 364 g/mol. The fraction of sp³-hybridized carbons (Fsp3) is 0.350. The van der Waals surface area contributed by atoms with Crippen molar-refractivity contribution in [2.75, 3.05) is 25.5 Å². The SMILES string of the molecule is CCC(=O)Nc1ccc(S(=O)(=O)N(C)CCOc2cc(C)cc(C)c2)cc1. The molecule has 146 valence electrons. The Morgan fingerprint density at radius 2 is 1.67 bits per heavy atom. The van der Waals surface area contributed by atoms with Gasteiger partial charge in [0.05, 0.1) is 4.90 Å². The summed E-state index contributed by atoms with van der Waals surface area (Å²) in [5.41, 5.74) is 2.77. The number of hydrogen-bond donors (Lipinski definition) is 1. The molecule has 0 atom stereocenters. The third kappa shape index (κ3) is 5.80. The van der Waals surface area contributed by atoms with E-state index in [1.165, 1.54) is 23.5 Å². The molecule has 0 saturated carbocycles. The van der Waals surface area contributed by atoms with E-state index in [-0.39, 0.29) is 24.0 Å². The van der Waals surface area contributed by atoms with Crippen LogP contribution in [0.2, 0.25) is 0 Å². The lowest BCUT2D eigenvalue weighted by molar-refractivity contribution is -0.115. The third-order valence-electron chi connectivity index (χ3n) is 4.04. The zero-order valence-electron chi connectivity index (χ0n) is 16.2. The van der Waals surface area contributed by atoms with Gasteiger partial charge < -0.3 is 10.1 Å². The molecule has 0 aliphatic carbocycles. The van der Waals surface area contributed by atoms with Gasteiger partial charge in [-0.05, 0) is 61.4 Å². The Hall–Kier alpha value is -2.38. The number of anilines is 1. The van der Waals surface area contributed by atoms with E-state index in [9.17, 15) is 13.2 Å². The largest absolute Gasteiger partial charge is 0.492 e. The van der Waals surface area contributed by atoms with E-state index in [2.05, 4.69) is 11.4 Å². The lowest BCUT2D eigenvalue weighted by atomic mass is 10.1. The first-order valence-electron chi connectivity index (χ1n) is 8.79. The predicted molar refractivity (Wildman–Crippen MR) is 107 cm³/mol. The van der Waals surface area contributed by atoms with Crippen molar-refractivity contribution in [1.82, 2.24) is 4.31 Å². The summed E-state index contributed by atoms with van der Waals surface area (Å²) in [6, 6.07) is 12.0. The summed E-state index contributed by atoms with van der Waals surface area (Å²) >= 11 is 0. The maximum Gasteiger partial charge on any atom is 0.242 e. The molecule has 0 aliphatic rings. The number of likely N-dealkylation sites (N-methyl/N-ethyl adjacent to an activating group) is 1. The van der Waals surface area contributed by atoms with Crippen LogP contribution in [0.5, 0.6) is 5.75 Å². The minimum Gasteiger partial charge on any atom is -0.492 e. The van der Waals surface area contributed by atoms with Crippen molar-refractivity contribution < 1.29 is 17.9 Å². The van der Waals surface area contributed by atoms with Crippen molar-refractivity contribution in [1.29, 1.82) is 0 Å². The molecule has 0 fully saturated rings. The number of sulfonamides is 1. The Kier molecular flexibility index (Phi) is 6.98. The molecular formula is C20H26N2O4S. The first kappa shape index (κ1) is 20.9. The van der Waals surface area contributed by atoms with Crippen LogP contribution < -0.4 is 10.1 Å². The summed E-state index contributed by atoms with van der Waals surface area (Å²) < 4.78 is 32.3. The lowest BCUT2D eigenvalue weighted by Gasteiger charge is -2.18. The van der Waals surface area contributed by atoms with Gasteiger partial charge in [0.25, 0.3) is 0 Å². The van der Waals surface area contributed by atoms with E-state index in [4.69, 9.17) is 4.74 Å². The van der Waals surface area contributed by atoms with Crippen LogP contribution in [-0.4, -0.2) is 38.8 Å². The number of amides is 1. The number of nitrogens with one attached hydrogen (secondary N) is 1. The highest BCUT2D eigenvalue weighted by molar-refractivity contribution is 7.89. The average Bonchev–Trinajstić information content (AvgIpc) is 2.61. The van der Waals surface area contributed by atoms with Crippen LogP contribution in [0.4, 0.5) is 5.69 Å². The second-order valence-electron chi connectivity index (χ2n) is 6.42. The van der Waals surface area contributed by atoms with Crippen molar-refractivity contribution in [3.63, 3.8) is 0 Å². The predicted octanol–water partition coefficient (Wildman–Crippen LogP) is 3.35. The van der Waals surface area contributed by atoms with Crippen molar-refractivity contribution in [2.45, 2.75) is 32.1 Å². The molecule has 0 heterocycles. The average molecular weight is 391 g/mol. The van der Waals surface area contributed by atoms with Crippen LogP contribution >= 0.6 is 0 Å². The molecule has 7 heteroatoms. The fourth-order valence-corrected chi connectivity index (χ4v) is 3.72. The number of benzene rings is 2. The summed E-state index contributed by atoms with van der Waals surface area (Å²) in [5.74, 6) is 0.612. The Balaban J connectivity index is 1.97. The maximum absolute atomic E-state index is 12.7. The van der Waals surface area contributed by atoms with Crippen molar-refractivity contribution >= 4 is 21.6 Å². The number of carbonyl (C=O) groups is 1. The molecule has 1 N–H and O–H groups in total. The van der Waals surface area contributed by atoms with Gasteiger partial charge in [0.15, 0.2) is 0 Å². The molecule has 0 aromatic heterocycles. The summed E-state index contributed by atoms with van der Waals surface area (Å²) in [5, 5.41) is 2.69. The number of rotatable bonds is 8. The van der Waals surface area contributed by atoms with Crippen molar-refractivity contribution in [2.24, 2.45) is 0 Å². The maximum atomic E-state index is 12.7. The highest BCUT2D eigenvalue weighted by Crippen LogP contribution is 2.19. The molecule has 0 unspecified atom stereocenters. The van der Waals surface area contributed by atoms with Gasteiger partial charge in [-0.25, -0.2) is 8.42 Å². The number of hydrogen-bond acceptors (Lipinski definition) is 4. The summed E-state index contributed by atoms with van der Waals surface area (Å²) in [6.45, 7) is 6.21. The van der Waals surface area contributed by atoms with Crippen LogP contribution in [0.3, 0.4) is 0 Å². The van der Waals surface area contributed by atoms with E-state index in [1.54, 1.807) is 19.1 Å². The van der Waals surface area contributed by atoms with E-state index >= 15 is 0 Å². The van der Waals surface area contributed by atoms with Gasteiger partial charge in [0, 0.05) is 25.7 Å². The lowest BCUT2D eigenvalue weighted by Crippen LogP contribution is -2.31. The van der Waals surface area contributed by atoms with Gasteiger partial charge in [-0.15, -0.1) is 0 Å². The van der Waals surface area contributed by atoms with Gasteiger partial charge in [0.1, 0.15) is 12.4 Å². The third-order valence-corrected chi connectivity index (χ3v) is 5.91. The minimum atomic E-state index is -3.62. The highest BCUT2D eigenvalue weighted by Gasteiger charge is 2.20. The molecule has 0 spiro atoms. The molecule has 0 saturated heterocycles. The van der Waals surface area contributed by atoms with Gasteiger partial charge in [-0.3, -0.25) is 4.79 Å². The van der Waals surface area contributed by atoms with Crippen LogP contribution in [0, 0.1) is 13.8 Å². The molecule has 2 aromatic rings. The summed E-state index contributed by atoms with van der Waals surface area (Å²) in [6.07, 6.45) is 0.364. The Morgan fingerprint density at radius 1 is 1.07 bits per heavy atom. The van der Waals surface area contributed by atoms with Crippen molar-refractivity contribution in [3.8, 4) is 5.75 Å². The molecule has 6 nitrogen and oxygen atoms in total. The molecule has 2 aromatic carbocycles. The second kappa shape index (κ2) is 9.01. The van der Waals surface area contributed by atoms with E-state index < -0.39 is 10.0 Å². The van der Waals surface area contributed by atoms with Gasteiger partial charge in [0.2, 0.25) is 15.9 Å². The molecule has 0 radical (unpaired) electrons. The van der Waals surface area contributed by atoms with Crippen molar-refractivity contribution in [3.05, 3.63) is 53.6 Å². The summed E-state index contributed by atoms with van der Waals surface area (Å²) in [4.78, 5) is 11.6. The van der Waals surface area contributed by atoms with Gasteiger partial charge in [-0.2, -0.15) is 4.31 Å². The number of carbonyl (C=O) groups excluding carboxylic acids is 1. The van der Waals surface area contributed by atoms with Crippen LogP contribution in [0.15, 0.2) is 47.4 Å². The number of nitrogens with zero attached hydrogens (tertiary/aromatic N) is 1. The number of ether oxygens (including phenoxy) is 1. The molecule has 0 bridgehead atoms. The normalized spacial score (nSPS) is 11.4. The smallest absolute Gasteiger partial charge is 0.242 e. The Labute approximate surface area is 161 Å². The molecule has 2 rings (SSSR count). The first-order valence-corrected chi connectivity index (χ1v) is 10.2. The van der Waals surface area contributed by atoms with Crippen LogP contribution in [0.25, 0.3) is 0 Å². The quantitative estimate of drug-likeness (QED) is 0.750. The summed E-state index contributed by atoms with van der Waals surface area (Å²) in [7, 11) is -2.10. The molecule has 27 heavy (non-hydrogen) atoms. The molecule has 0 aliphatic heterocycles. The molecule has 1 amide bonds. The zero-order valence-corrected chi connectivity index (χ0v) is 17.0. The fourth-order valence-electron chi connectivity index (χ4n) is 2.57. The Morgan fingerprint density at radius 3 is 2.22 bits per heavy atom. The Bertz CT molecular complexity index is 872. The van der Waals surface area contributed by atoms with Crippen LogP contribution in [0.1, 0.15) is 24.5 Å². The number of aryl methyl sites for hydroxylation is 2. The van der Waals surface area contributed by atoms with Gasteiger partial charge in [-0.1, -0.05) is 13.0 Å². The minimum absolute atomic E-state index is 0.119.